The molecule has 2 amide bonds. The fourth-order valence-electron chi connectivity index (χ4n) is 1.47. The number of ether oxygens (including phenoxy) is 1. The van der Waals surface area contributed by atoms with Crippen molar-refractivity contribution in [2.24, 2.45) is 0 Å². The van der Waals surface area contributed by atoms with E-state index < -0.39 is 9.84 Å². The first kappa shape index (κ1) is 17.3. The quantitative estimate of drug-likeness (QED) is 0.806. The van der Waals surface area contributed by atoms with Crippen molar-refractivity contribution in [3.05, 3.63) is 24.3 Å². The van der Waals surface area contributed by atoms with Gasteiger partial charge in [0.15, 0.2) is 9.84 Å². The lowest BCUT2D eigenvalue weighted by molar-refractivity contribution is 0.249. The standard InChI is InChI=1S/C14H22N2O4S/c1-4-11(2)15-14(17)16-12-6-5-7-13(10-12)20-8-9-21(3,18)19/h5-7,10-11H,4,8-9H2,1-3H3,(H2,15,16,17)/t11-/m1/s1. The smallest absolute Gasteiger partial charge is 0.319 e. The van der Waals surface area contributed by atoms with E-state index in [1.165, 1.54) is 0 Å². The minimum Gasteiger partial charge on any atom is -0.492 e. The molecule has 7 heteroatoms. The van der Waals surface area contributed by atoms with E-state index in [0.29, 0.717) is 11.4 Å². The van der Waals surface area contributed by atoms with Crippen molar-refractivity contribution in [1.82, 2.24) is 5.32 Å². The number of carbonyl (C=O) groups is 1. The number of nitrogens with one attached hydrogen (secondary N) is 2. The van der Waals surface area contributed by atoms with Crippen LogP contribution in [0.15, 0.2) is 24.3 Å². The van der Waals surface area contributed by atoms with Gasteiger partial charge in [-0.25, -0.2) is 13.2 Å². The molecule has 0 bridgehead atoms. The molecule has 6 nitrogen and oxygen atoms in total. The van der Waals surface area contributed by atoms with Gasteiger partial charge in [-0.15, -0.1) is 0 Å². The largest absolute Gasteiger partial charge is 0.492 e. The van der Waals surface area contributed by atoms with Crippen LogP contribution in [0, 0.1) is 0 Å². The van der Waals surface area contributed by atoms with Crippen molar-refractivity contribution >= 4 is 21.6 Å². The SMILES string of the molecule is CC[C@@H](C)NC(=O)Nc1cccc(OCCS(C)(=O)=O)c1. The first-order chi connectivity index (χ1) is 9.80. The molecule has 0 saturated heterocycles. The maximum absolute atomic E-state index is 11.7. The Morgan fingerprint density at radius 3 is 2.71 bits per heavy atom. The van der Waals surface area contributed by atoms with E-state index in [1.807, 2.05) is 13.8 Å². The molecule has 2 N–H and O–H groups in total. The van der Waals surface area contributed by atoms with Crippen LogP contribution < -0.4 is 15.4 Å². The lowest BCUT2D eigenvalue weighted by Gasteiger charge is -2.13. The number of carbonyl (C=O) groups excluding carboxylic acids is 1. The van der Waals surface area contributed by atoms with Crippen molar-refractivity contribution in [2.75, 3.05) is 23.9 Å². The van der Waals surface area contributed by atoms with E-state index in [0.717, 1.165) is 12.7 Å². The minimum atomic E-state index is -3.04. The van der Waals surface area contributed by atoms with Gasteiger partial charge in [-0.1, -0.05) is 13.0 Å². The summed E-state index contributed by atoms with van der Waals surface area (Å²) in [5.41, 5.74) is 0.590. The number of urea groups is 1. The van der Waals surface area contributed by atoms with E-state index in [2.05, 4.69) is 10.6 Å². The fourth-order valence-corrected chi connectivity index (χ4v) is 1.85. The molecule has 0 heterocycles. The molecule has 1 atom stereocenters. The van der Waals surface area contributed by atoms with Gasteiger partial charge in [0.1, 0.15) is 12.4 Å². The molecule has 0 saturated carbocycles. The molecule has 1 aromatic rings. The molecule has 0 unspecified atom stereocenters. The summed E-state index contributed by atoms with van der Waals surface area (Å²) in [6.45, 7) is 3.99. The highest BCUT2D eigenvalue weighted by molar-refractivity contribution is 7.90. The number of rotatable bonds is 7. The van der Waals surface area contributed by atoms with E-state index in [9.17, 15) is 13.2 Å². The highest BCUT2D eigenvalue weighted by Crippen LogP contribution is 2.17. The number of amides is 2. The zero-order chi connectivity index (χ0) is 15.9. The molecule has 0 aliphatic carbocycles. The Balaban J connectivity index is 2.54. The zero-order valence-electron chi connectivity index (χ0n) is 12.5. The number of hydrogen-bond donors (Lipinski definition) is 2. The molecule has 118 valence electrons. The van der Waals surface area contributed by atoms with Gasteiger partial charge in [0.05, 0.1) is 5.75 Å². The molecule has 0 spiro atoms. The van der Waals surface area contributed by atoms with Crippen LogP contribution in [0.3, 0.4) is 0 Å². The van der Waals surface area contributed by atoms with E-state index in [4.69, 9.17) is 4.74 Å². The normalized spacial score (nSPS) is 12.5. The Bertz CT molecular complexity index is 572. The number of hydrogen-bond acceptors (Lipinski definition) is 4. The first-order valence-corrected chi connectivity index (χ1v) is 8.84. The summed E-state index contributed by atoms with van der Waals surface area (Å²) in [6.07, 6.45) is 2.01. The number of anilines is 1. The molecular formula is C14H22N2O4S. The van der Waals surface area contributed by atoms with Crippen molar-refractivity contribution < 1.29 is 17.9 Å². The van der Waals surface area contributed by atoms with Crippen molar-refractivity contribution in [1.29, 1.82) is 0 Å². The molecule has 0 aliphatic heterocycles. The predicted molar refractivity (Wildman–Crippen MR) is 83.6 cm³/mol. The van der Waals surface area contributed by atoms with Gasteiger partial charge in [0.2, 0.25) is 0 Å². The number of sulfone groups is 1. The molecule has 21 heavy (non-hydrogen) atoms. The summed E-state index contributed by atoms with van der Waals surface area (Å²) >= 11 is 0. The number of benzene rings is 1. The first-order valence-electron chi connectivity index (χ1n) is 6.78. The van der Waals surface area contributed by atoms with Crippen LogP contribution in [0.5, 0.6) is 5.75 Å². The van der Waals surface area contributed by atoms with Gasteiger partial charge in [-0.2, -0.15) is 0 Å². The van der Waals surface area contributed by atoms with Crippen LogP contribution in [-0.2, 0) is 9.84 Å². The van der Waals surface area contributed by atoms with Gasteiger partial charge < -0.3 is 15.4 Å². The summed E-state index contributed by atoms with van der Waals surface area (Å²) in [5, 5.41) is 5.50. The monoisotopic (exact) mass is 314 g/mol. The van der Waals surface area contributed by atoms with Gasteiger partial charge in [0.25, 0.3) is 0 Å². The lowest BCUT2D eigenvalue weighted by atomic mass is 10.2. The summed E-state index contributed by atoms with van der Waals surface area (Å²) < 4.78 is 27.4. The van der Waals surface area contributed by atoms with Crippen LogP contribution in [0.2, 0.25) is 0 Å². The second-order valence-electron chi connectivity index (χ2n) is 4.91. The van der Waals surface area contributed by atoms with Gasteiger partial charge in [-0.05, 0) is 25.5 Å². The summed E-state index contributed by atoms with van der Waals surface area (Å²) in [5.74, 6) is 0.471. The Morgan fingerprint density at radius 2 is 2.10 bits per heavy atom. The molecule has 1 aromatic carbocycles. The predicted octanol–water partition coefficient (Wildman–Crippen LogP) is 2.03. The Kier molecular flexibility index (Phi) is 6.48. The average molecular weight is 314 g/mol. The second-order valence-corrected chi connectivity index (χ2v) is 7.17. The molecule has 0 aliphatic rings. The van der Waals surface area contributed by atoms with E-state index in [-0.39, 0.29) is 24.4 Å². The van der Waals surface area contributed by atoms with Gasteiger partial charge >= 0.3 is 6.03 Å². The minimum absolute atomic E-state index is 0.0425. The van der Waals surface area contributed by atoms with Gasteiger partial charge in [-0.3, -0.25) is 0 Å². The van der Waals surface area contributed by atoms with Gasteiger partial charge in [0, 0.05) is 24.1 Å². The highest BCUT2D eigenvalue weighted by Gasteiger charge is 2.07. The Morgan fingerprint density at radius 1 is 1.38 bits per heavy atom. The average Bonchev–Trinajstić information content (AvgIpc) is 2.37. The third kappa shape index (κ3) is 7.55. The Labute approximate surface area is 125 Å². The van der Waals surface area contributed by atoms with E-state index in [1.54, 1.807) is 24.3 Å². The van der Waals surface area contributed by atoms with Crippen molar-refractivity contribution in [2.45, 2.75) is 26.3 Å². The molecular weight excluding hydrogens is 292 g/mol. The summed E-state index contributed by atoms with van der Waals surface area (Å²) in [4.78, 5) is 11.7. The molecule has 0 fully saturated rings. The summed E-state index contributed by atoms with van der Waals surface area (Å²) in [6, 6.07) is 6.64. The van der Waals surface area contributed by atoms with Crippen molar-refractivity contribution in [3.8, 4) is 5.75 Å². The van der Waals surface area contributed by atoms with E-state index >= 15 is 0 Å². The molecule has 0 aromatic heterocycles. The van der Waals surface area contributed by atoms with Crippen LogP contribution in [-0.4, -0.2) is 39.1 Å². The Hall–Kier alpha value is -1.76. The molecule has 1 rings (SSSR count). The van der Waals surface area contributed by atoms with Crippen LogP contribution >= 0.6 is 0 Å². The topological polar surface area (TPSA) is 84.5 Å². The third-order valence-corrected chi connectivity index (χ3v) is 3.71. The summed E-state index contributed by atoms with van der Waals surface area (Å²) in [7, 11) is -3.04. The lowest BCUT2D eigenvalue weighted by Crippen LogP contribution is -2.35. The van der Waals surface area contributed by atoms with Crippen LogP contribution in [0.1, 0.15) is 20.3 Å². The maximum Gasteiger partial charge on any atom is 0.319 e. The highest BCUT2D eigenvalue weighted by atomic mass is 32.2. The zero-order valence-corrected chi connectivity index (χ0v) is 13.4. The third-order valence-electron chi connectivity index (χ3n) is 2.80. The maximum atomic E-state index is 11.7. The van der Waals surface area contributed by atoms with Crippen molar-refractivity contribution in [3.63, 3.8) is 0 Å². The second kappa shape index (κ2) is 7.87. The van der Waals surface area contributed by atoms with Crippen LogP contribution in [0.4, 0.5) is 10.5 Å². The fraction of sp³-hybridized carbons (Fsp3) is 0.500. The van der Waals surface area contributed by atoms with Crippen LogP contribution in [0.25, 0.3) is 0 Å². The molecule has 0 radical (unpaired) electrons.